The van der Waals surface area contributed by atoms with Gasteiger partial charge in [-0.15, -0.1) is 0 Å². The second-order valence-corrected chi connectivity index (χ2v) is 8.02. The van der Waals surface area contributed by atoms with E-state index in [9.17, 15) is 8.42 Å². The topological polar surface area (TPSA) is 81.0 Å². The van der Waals surface area contributed by atoms with Crippen LogP contribution in [-0.2, 0) is 17.1 Å². The Balaban J connectivity index is 1.86. The van der Waals surface area contributed by atoms with E-state index in [0.717, 1.165) is 23.6 Å². The van der Waals surface area contributed by atoms with Crippen LogP contribution in [0.3, 0.4) is 0 Å². The van der Waals surface area contributed by atoms with E-state index in [1.54, 1.807) is 20.2 Å². The Hall–Kier alpha value is -1.80. The summed E-state index contributed by atoms with van der Waals surface area (Å²) in [7, 11) is -1.79. The third-order valence-corrected chi connectivity index (χ3v) is 6.07. The number of hydrogen-bond donors (Lipinski definition) is 0. The highest BCUT2D eigenvalue weighted by Gasteiger charge is 2.36. The van der Waals surface area contributed by atoms with Gasteiger partial charge in [-0.1, -0.05) is 0 Å². The van der Waals surface area contributed by atoms with Gasteiger partial charge in [-0.3, -0.25) is 4.68 Å². The molecule has 3 rings (SSSR count). The van der Waals surface area contributed by atoms with Crippen molar-refractivity contribution in [3.05, 3.63) is 35.2 Å². The van der Waals surface area contributed by atoms with Crippen LogP contribution < -0.4 is 0 Å². The number of nitrogens with zero attached hydrogens (tertiary/aromatic N) is 5. The highest BCUT2D eigenvalue weighted by atomic mass is 32.2. The third-order valence-electron chi connectivity index (χ3n) is 4.10. The molecule has 0 amide bonds. The monoisotopic (exact) mass is 335 g/mol. The van der Waals surface area contributed by atoms with Crippen molar-refractivity contribution in [2.45, 2.75) is 38.0 Å². The minimum atomic E-state index is -3.52. The van der Waals surface area contributed by atoms with Crippen LogP contribution in [0.25, 0.3) is 0 Å². The normalized spacial score (nSPS) is 19.4. The molecule has 3 heterocycles. The van der Waals surface area contributed by atoms with E-state index in [1.807, 2.05) is 19.9 Å². The lowest BCUT2D eigenvalue weighted by Crippen LogP contribution is -2.29. The largest absolute Gasteiger partial charge is 0.274 e. The van der Waals surface area contributed by atoms with Gasteiger partial charge in [0.1, 0.15) is 10.7 Å². The van der Waals surface area contributed by atoms with Crippen molar-refractivity contribution >= 4 is 10.0 Å². The minimum absolute atomic E-state index is 0.0420. The molecule has 0 aromatic carbocycles. The fourth-order valence-corrected chi connectivity index (χ4v) is 4.76. The highest BCUT2D eigenvalue weighted by Crippen LogP contribution is 2.30. The van der Waals surface area contributed by atoms with Crippen LogP contribution in [0.5, 0.6) is 0 Å². The summed E-state index contributed by atoms with van der Waals surface area (Å²) in [6.07, 6.45) is 2.30. The van der Waals surface area contributed by atoms with Crippen LogP contribution in [-0.4, -0.2) is 45.6 Å². The highest BCUT2D eigenvalue weighted by molar-refractivity contribution is 7.89. The van der Waals surface area contributed by atoms with Crippen LogP contribution in [0.15, 0.2) is 17.2 Å². The van der Waals surface area contributed by atoms with Crippen LogP contribution >= 0.6 is 0 Å². The molecule has 2 aromatic heterocycles. The van der Waals surface area contributed by atoms with Gasteiger partial charge in [0.25, 0.3) is 0 Å². The Morgan fingerprint density at radius 1 is 1.17 bits per heavy atom. The first-order chi connectivity index (χ1) is 10.8. The molecule has 0 N–H and O–H groups in total. The van der Waals surface area contributed by atoms with Crippen molar-refractivity contribution in [1.82, 2.24) is 24.1 Å². The molecule has 0 aliphatic carbocycles. The van der Waals surface area contributed by atoms with Crippen molar-refractivity contribution in [2.75, 3.05) is 13.1 Å². The molecule has 7 nitrogen and oxygen atoms in total. The van der Waals surface area contributed by atoms with E-state index < -0.39 is 10.0 Å². The molecule has 0 radical (unpaired) electrons. The lowest BCUT2D eigenvalue weighted by atomic mass is 10.1. The maximum absolute atomic E-state index is 12.8. The van der Waals surface area contributed by atoms with Gasteiger partial charge in [-0.05, 0) is 33.3 Å². The zero-order chi connectivity index (χ0) is 16.8. The molecule has 1 fully saturated rings. The van der Waals surface area contributed by atoms with E-state index in [-0.39, 0.29) is 10.8 Å². The summed E-state index contributed by atoms with van der Waals surface area (Å²) in [4.78, 5) is 9.24. The summed E-state index contributed by atoms with van der Waals surface area (Å²) in [5.74, 6) is 0.781. The predicted molar refractivity (Wildman–Crippen MR) is 85.6 cm³/mol. The number of aromatic nitrogens is 4. The first kappa shape index (κ1) is 16.1. The zero-order valence-corrected chi connectivity index (χ0v) is 14.6. The molecule has 23 heavy (non-hydrogen) atoms. The van der Waals surface area contributed by atoms with Crippen LogP contribution in [0.4, 0.5) is 0 Å². The molecule has 1 saturated heterocycles. The number of rotatable bonds is 3. The first-order valence-electron chi connectivity index (χ1n) is 7.60. The Morgan fingerprint density at radius 3 is 2.39 bits per heavy atom. The third kappa shape index (κ3) is 3.00. The molecule has 0 bridgehead atoms. The zero-order valence-electron chi connectivity index (χ0n) is 13.8. The second-order valence-electron chi connectivity index (χ2n) is 6.11. The molecule has 1 atom stereocenters. The summed E-state index contributed by atoms with van der Waals surface area (Å²) in [6, 6.07) is 1.92. The van der Waals surface area contributed by atoms with Crippen LogP contribution in [0, 0.1) is 20.8 Å². The van der Waals surface area contributed by atoms with Gasteiger partial charge in [0.2, 0.25) is 10.0 Å². The van der Waals surface area contributed by atoms with Crippen LogP contribution in [0.1, 0.15) is 35.2 Å². The quantitative estimate of drug-likeness (QED) is 0.845. The first-order valence-corrected chi connectivity index (χ1v) is 9.04. The van der Waals surface area contributed by atoms with E-state index in [4.69, 9.17) is 0 Å². The van der Waals surface area contributed by atoms with Gasteiger partial charge in [0.05, 0.1) is 5.69 Å². The van der Waals surface area contributed by atoms with Gasteiger partial charge in [0.15, 0.2) is 0 Å². The Labute approximate surface area is 136 Å². The van der Waals surface area contributed by atoms with Gasteiger partial charge < -0.3 is 0 Å². The SMILES string of the molecule is Cc1cc(C)nc(C2CCN(S(=O)(=O)c3cn(C)nc3C)C2)n1. The van der Waals surface area contributed by atoms with Crippen molar-refractivity contribution in [2.24, 2.45) is 7.05 Å². The summed E-state index contributed by atoms with van der Waals surface area (Å²) in [6.45, 7) is 6.48. The fraction of sp³-hybridized carbons (Fsp3) is 0.533. The van der Waals surface area contributed by atoms with E-state index in [1.165, 1.54) is 8.99 Å². The molecular weight excluding hydrogens is 314 g/mol. The van der Waals surface area contributed by atoms with Gasteiger partial charge in [-0.25, -0.2) is 18.4 Å². The number of hydrogen-bond acceptors (Lipinski definition) is 5. The molecule has 1 aliphatic rings. The summed E-state index contributed by atoms with van der Waals surface area (Å²) >= 11 is 0. The van der Waals surface area contributed by atoms with Crippen molar-refractivity contribution < 1.29 is 8.42 Å². The minimum Gasteiger partial charge on any atom is -0.274 e. The summed E-state index contributed by atoms with van der Waals surface area (Å²) in [5, 5.41) is 4.14. The lowest BCUT2D eigenvalue weighted by molar-refractivity contribution is 0.470. The average Bonchev–Trinajstić information content (AvgIpc) is 3.05. The molecular formula is C15H21N5O2S. The maximum atomic E-state index is 12.8. The lowest BCUT2D eigenvalue weighted by Gasteiger charge is -2.16. The molecule has 8 heteroatoms. The molecule has 124 valence electrons. The summed E-state index contributed by atoms with van der Waals surface area (Å²) < 4.78 is 28.7. The van der Waals surface area contributed by atoms with Crippen molar-refractivity contribution in [3.63, 3.8) is 0 Å². The number of aryl methyl sites for hydroxylation is 4. The second kappa shape index (κ2) is 5.68. The van der Waals surface area contributed by atoms with Crippen molar-refractivity contribution in [3.8, 4) is 0 Å². The standard InChI is InChI=1S/C15H21N5O2S/c1-10-7-11(2)17-15(16-10)13-5-6-20(8-13)23(21,22)14-9-19(4)18-12(14)3/h7,9,13H,5-6,8H2,1-4H3. The summed E-state index contributed by atoms with van der Waals surface area (Å²) in [5.41, 5.74) is 2.35. The Kier molecular flexibility index (Phi) is 3.97. The fourth-order valence-electron chi connectivity index (χ4n) is 3.06. The predicted octanol–water partition coefficient (Wildman–Crippen LogP) is 1.31. The van der Waals surface area contributed by atoms with E-state index >= 15 is 0 Å². The van der Waals surface area contributed by atoms with Gasteiger partial charge in [-0.2, -0.15) is 9.40 Å². The Bertz CT molecular complexity index is 823. The smallest absolute Gasteiger partial charge is 0.246 e. The van der Waals surface area contributed by atoms with E-state index in [0.29, 0.717) is 18.8 Å². The molecule has 0 spiro atoms. The molecule has 1 aliphatic heterocycles. The van der Waals surface area contributed by atoms with E-state index in [2.05, 4.69) is 15.1 Å². The van der Waals surface area contributed by atoms with Gasteiger partial charge >= 0.3 is 0 Å². The molecule has 1 unspecified atom stereocenters. The maximum Gasteiger partial charge on any atom is 0.246 e. The Morgan fingerprint density at radius 2 is 1.83 bits per heavy atom. The molecule has 2 aromatic rings. The van der Waals surface area contributed by atoms with Crippen molar-refractivity contribution in [1.29, 1.82) is 0 Å². The molecule has 0 saturated carbocycles. The van der Waals surface area contributed by atoms with Crippen LogP contribution in [0.2, 0.25) is 0 Å². The average molecular weight is 335 g/mol. The van der Waals surface area contributed by atoms with Gasteiger partial charge in [0, 0.05) is 43.6 Å². The number of sulfonamides is 1.